The highest BCUT2D eigenvalue weighted by atomic mass is 16.1. The molecular formula is C9H7NO. The monoisotopic (exact) mass is 145 g/mol. The third-order valence-electron chi connectivity index (χ3n) is 1.17. The molecule has 0 fully saturated rings. The van der Waals surface area contributed by atoms with Gasteiger partial charge in [-0.15, -0.1) is 0 Å². The zero-order valence-corrected chi connectivity index (χ0v) is 6.16. The fourth-order valence-electron chi connectivity index (χ4n) is 0.708. The van der Waals surface area contributed by atoms with Crippen molar-refractivity contribution in [3.8, 4) is 11.8 Å². The minimum absolute atomic E-state index is 0.560. The second-order valence-electron chi connectivity index (χ2n) is 2.11. The van der Waals surface area contributed by atoms with E-state index in [1.54, 1.807) is 6.20 Å². The molecule has 0 aliphatic carbocycles. The van der Waals surface area contributed by atoms with E-state index < -0.39 is 0 Å². The van der Waals surface area contributed by atoms with Crippen molar-refractivity contribution >= 4 is 6.29 Å². The normalized spacial score (nSPS) is 8.09. The lowest BCUT2D eigenvalue weighted by Crippen LogP contribution is -1.82. The van der Waals surface area contributed by atoms with Gasteiger partial charge in [-0.2, -0.15) is 0 Å². The highest BCUT2D eigenvalue weighted by molar-refractivity contribution is 5.73. The molecule has 0 aliphatic heterocycles. The van der Waals surface area contributed by atoms with E-state index in [1.165, 1.54) is 0 Å². The predicted octanol–water partition coefficient (Wildman–Crippen LogP) is 0.940. The van der Waals surface area contributed by atoms with Crippen LogP contribution < -0.4 is 0 Å². The third kappa shape index (κ3) is 2.23. The smallest absolute Gasteiger partial charge is 0.193 e. The van der Waals surface area contributed by atoms with Gasteiger partial charge in [-0.25, -0.2) is 4.98 Å². The summed E-state index contributed by atoms with van der Waals surface area (Å²) < 4.78 is 0. The second-order valence-corrected chi connectivity index (χ2v) is 2.11. The van der Waals surface area contributed by atoms with E-state index in [2.05, 4.69) is 16.8 Å². The lowest BCUT2D eigenvalue weighted by molar-refractivity contribution is -0.103. The van der Waals surface area contributed by atoms with Gasteiger partial charge in [-0.05, 0) is 36.5 Å². The van der Waals surface area contributed by atoms with E-state index in [4.69, 9.17) is 0 Å². The standard InChI is InChI=1S/C9H7NO/c1-8-4-5-10-9(7-8)3-2-6-11/h4-7H,1H3. The van der Waals surface area contributed by atoms with Gasteiger partial charge in [0.2, 0.25) is 0 Å². The molecule has 1 aromatic heterocycles. The van der Waals surface area contributed by atoms with Crippen LogP contribution in [-0.4, -0.2) is 11.3 Å². The van der Waals surface area contributed by atoms with Crippen molar-refractivity contribution in [2.75, 3.05) is 0 Å². The zero-order valence-electron chi connectivity index (χ0n) is 6.16. The lowest BCUT2D eigenvalue weighted by Gasteiger charge is -1.89. The van der Waals surface area contributed by atoms with Gasteiger partial charge in [-0.3, -0.25) is 4.79 Å². The molecule has 1 rings (SSSR count). The number of carbonyl (C=O) groups is 1. The van der Waals surface area contributed by atoms with Gasteiger partial charge in [0.1, 0.15) is 5.69 Å². The highest BCUT2D eigenvalue weighted by Crippen LogP contribution is 1.96. The molecule has 2 nitrogen and oxygen atoms in total. The van der Waals surface area contributed by atoms with E-state index in [0.29, 0.717) is 12.0 Å². The topological polar surface area (TPSA) is 30.0 Å². The molecule has 0 radical (unpaired) electrons. The Balaban J connectivity index is 2.96. The second kappa shape index (κ2) is 3.52. The summed E-state index contributed by atoms with van der Waals surface area (Å²) in [7, 11) is 0. The van der Waals surface area contributed by atoms with Gasteiger partial charge >= 0.3 is 0 Å². The SMILES string of the molecule is Cc1ccnc(C#CC=O)c1. The molecule has 1 heterocycles. The van der Waals surface area contributed by atoms with Crippen LogP contribution in [0, 0.1) is 18.8 Å². The molecule has 0 aliphatic rings. The Bertz CT molecular complexity index is 320. The summed E-state index contributed by atoms with van der Waals surface area (Å²) in [5.41, 5.74) is 1.73. The largest absolute Gasteiger partial charge is 0.289 e. The number of hydrogen-bond donors (Lipinski definition) is 0. The Labute approximate surface area is 65.3 Å². The van der Waals surface area contributed by atoms with Gasteiger partial charge in [0.25, 0.3) is 0 Å². The maximum atomic E-state index is 9.86. The van der Waals surface area contributed by atoms with E-state index in [1.807, 2.05) is 19.1 Å². The van der Waals surface area contributed by atoms with Crippen LogP contribution in [0.3, 0.4) is 0 Å². The number of rotatable bonds is 0. The average Bonchev–Trinajstić information content (AvgIpc) is 2.01. The summed E-state index contributed by atoms with van der Waals surface area (Å²) in [6.07, 6.45) is 2.23. The van der Waals surface area contributed by atoms with Crippen LogP contribution in [0.5, 0.6) is 0 Å². The van der Waals surface area contributed by atoms with Crippen molar-refractivity contribution in [2.24, 2.45) is 0 Å². The van der Waals surface area contributed by atoms with Crippen LogP contribution in [0.2, 0.25) is 0 Å². The minimum Gasteiger partial charge on any atom is -0.289 e. The van der Waals surface area contributed by atoms with E-state index in [9.17, 15) is 4.79 Å². The number of hydrogen-bond acceptors (Lipinski definition) is 2. The number of carbonyl (C=O) groups excluding carboxylic acids is 1. The third-order valence-corrected chi connectivity index (χ3v) is 1.17. The molecule has 11 heavy (non-hydrogen) atoms. The average molecular weight is 145 g/mol. The van der Waals surface area contributed by atoms with Crippen molar-refractivity contribution in [1.29, 1.82) is 0 Å². The van der Waals surface area contributed by atoms with Crippen molar-refractivity contribution in [1.82, 2.24) is 4.98 Å². The Morgan fingerprint density at radius 3 is 3.09 bits per heavy atom. The molecule has 0 bridgehead atoms. The van der Waals surface area contributed by atoms with Crippen LogP contribution in [0.15, 0.2) is 18.3 Å². The maximum absolute atomic E-state index is 9.86. The Kier molecular flexibility index (Phi) is 2.40. The molecule has 2 heteroatoms. The van der Waals surface area contributed by atoms with Crippen molar-refractivity contribution in [3.05, 3.63) is 29.6 Å². The first-order valence-corrected chi connectivity index (χ1v) is 3.21. The molecule has 0 aromatic carbocycles. The number of aromatic nitrogens is 1. The van der Waals surface area contributed by atoms with Crippen molar-refractivity contribution in [3.63, 3.8) is 0 Å². The molecule has 0 spiro atoms. The maximum Gasteiger partial charge on any atom is 0.193 e. The minimum atomic E-state index is 0.560. The fraction of sp³-hybridized carbons (Fsp3) is 0.111. The summed E-state index contributed by atoms with van der Waals surface area (Å²) in [4.78, 5) is 13.8. The van der Waals surface area contributed by atoms with Crippen LogP contribution in [0.25, 0.3) is 0 Å². The fourth-order valence-corrected chi connectivity index (χ4v) is 0.708. The predicted molar refractivity (Wildman–Crippen MR) is 41.9 cm³/mol. The molecule has 54 valence electrons. The Morgan fingerprint density at radius 1 is 1.64 bits per heavy atom. The van der Waals surface area contributed by atoms with Crippen molar-refractivity contribution in [2.45, 2.75) is 6.92 Å². The van der Waals surface area contributed by atoms with Crippen LogP contribution in [0.1, 0.15) is 11.3 Å². The van der Waals surface area contributed by atoms with E-state index >= 15 is 0 Å². The lowest BCUT2D eigenvalue weighted by atomic mass is 10.2. The van der Waals surface area contributed by atoms with Gasteiger partial charge in [0, 0.05) is 6.20 Å². The number of pyridine rings is 1. The molecule has 1 aromatic rings. The summed E-state index contributed by atoms with van der Waals surface area (Å²) in [6.45, 7) is 1.95. The molecule has 0 amide bonds. The van der Waals surface area contributed by atoms with E-state index in [-0.39, 0.29) is 0 Å². The number of aryl methyl sites for hydroxylation is 1. The van der Waals surface area contributed by atoms with Gasteiger partial charge in [0.15, 0.2) is 6.29 Å². The first kappa shape index (κ1) is 7.49. The van der Waals surface area contributed by atoms with Crippen LogP contribution >= 0.6 is 0 Å². The van der Waals surface area contributed by atoms with Gasteiger partial charge < -0.3 is 0 Å². The molecule has 0 atom stereocenters. The van der Waals surface area contributed by atoms with Gasteiger partial charge in [0.05, 0.1) is 0 Å². The van der Waals surface area contributed by atoms with E-state index in [0.717, 1.165) is 5.56 Å². The highest BCUT2D eigenvalue weighted by Gasteiger charge is 1.86. The molecule has 0 saturated heterocycles. The number of aldehydes is 1. The summed E-state index contributed by atoms with van der Waals surface area (Å²) in [6, 6.07) is 3.71. The molecule has 0 unspecified atom stereocenters. The first-order chi connectivity index (χ1) is 5.33. The Morgan fingerprint density at radius 2 is 2.45 bits per heavy atom. The molecule has 0 N–H and O–H groups in total. The van der Waals surface area contributed by atoms with Crippen LogP contribution in [-0.2, 0) is 4.79 Å². The number of nitrogens with zero attached hydrogens (tertiary/aromatic N) is 1. The zero-order chi connectivity index (χ0) is 8.10. The molecule has 0 saturated carbocycles. The van der Waals surface area contributed by atoms with Gasteiger partial charge in [-0.1, -0.05) is 0 Å². The van der Waals surface area contributed by atoms with Crippen LogP contribution in [0.4, 0.5) is 0 Å². The quantitative estimate of drug-likeness (QED) is 0.401. The molecular weight excluding hydrogens is 138 g/mol. The van der Waals surface area contributed by atoms with Crippen molar-refractivity contribution < 1.29 is 4.79 Å². The summed E-state index contributed by atoms with van der Waals surface area (Å²) in [5, 5.41) is 0. The first-order valence-electron chi connectivity index (χ1n) is 3.21. The summed E-state index contributed by atoms with van der Waals surface area (Å²) in [5.74, 6) is 4.90. The Hall–Kier alpha value is -1.62. The summed E-state index contributed by atoms with van der Waals surface area (Å²) >= 11 is 0.